The minimum atomic E-state index is -0.940. The van der Waals surface area contributed by atoms with Gasteiger partial charge in [0, 0.05) is 19.6 Å². The third-order valence-electron chi connectivity index (χ3n) is 4.03. The molecule has 114 valence electrons. The van der Waals surface area contributed by atoms with Crippen molar-refractivity contribution in [1.29, 1.82) is 0 Å². The zero-order valence-corrected chi connectivity index (χ0v) is 12.3. The number of nitrogens with one attached hydrogen (secondary N) is 1. The fraction of sp³-hybridized carbons (Fsp3) is 0.500. The SMILES string of the molecule is CCC1CCCN(C(=O)NCc2ccc(C(=O)O)cc2)C1. The molecule has 1 saturated heterocycles. The fourth-order valence-corrected chi connectivity index (χ4v) is 2.64. The van der Waals surface area contributed by atoms with Gasteiger partial charge >= 0.3 is 12.0 Å². The van der Waals surface area contributed by atoms with Crippen molar-refractivity contribution in [2.45, 2.75) is 32.7 Å². The number of carboxylic acid groups (broad SMARTS) is 1. The van der Waals surface area contributed by atoms with Gasteiger partial charge in [0.2, 0.25) is 0 Å². The number of nitrogens with zero attached hydrogens (tertiary/aromatic N) is 1. The van der Waals surface area contributed by atoms with Crippen molar-refractivity contribution in [3.05, 3.63) is 35.4 Å². The third kappa shape index (κ3) is 4.21. The largest absolute Gasteiger partial charge is 0.478 e. The van der Waals surface area contributed by atoms with Crippen LogP contribution < -0.4 is 5.32 Å². The number of aromatic carboxylic acids is 1. The number of carbonyl (C=O) groups is 2. The molecule has 5 heteroatoms. The van der Waals surface area contributed by atoms with E-state index in [0.29, 0.717) is 12.5 Å². The summed E-state index contributed by atoms with van der Waals surface area (Å²) < 4.78 is 0. The van der Waals surface area contributed by atoms with Gasteiger partial charge in [0.25, 0.3) is 0 Å². The molecule has 0 bridgehead atoms. The highest BCUT2D eigenvalue weighted by Gasteiger charge is 2.22. The van der Waals surface area contributed by atoms with E-state index >= 15 is 0 Å². The molecule has 2 rings (SSSR count). The van der Waals surface area contributed by atoms with Crippen LogP contribution in [0.1, 0.15) is 42.1 Å². The van der Waals surface area contributed by atoms with Crippen LogP contribution >= 0.6 is 0 Å². The Morgan fingerprint density at radius 2 is 2.05 bits per heavy atom. The predicted molar refractivity (Wildman–Crippen MR) is 80.2 cm³/mol. The number of benzene rings is 1. The van der Waals surface area contributed by atoms with Crippen molar-refractivity contribution < 1.29 is 14.7 Å². The molecule has 21 heavy (non-hydrogen) atoms. The molecule has 2 N–H and O–H groups in total. The highest BCUT2D eigenvalue weighted by Crippen LogP contribution is 2.19. The number of piperidine rings is 1. The van der Waals surface area contributed by atoms with Gasteiger partial charge in [0.15, 0.2) is 0 Å². The number of carboxylic acids is 1. The number of carbonyl (C=O) groups excluding carboxylic acids is 1. The molecule has 1 aromatic rings. The summed E-state index contributed by atoms with van der Waals surface area (Å²) in [6, 6.07) is 6.54. The number of urea groups is 1. The normalized spacial score (nSPS) is 18.3. The standard InChI is InChI=1S/C16H22N2O3/c1-2-12-4-3-9-18(11-12)16(21)17-10-13-5-7-14(8-6-13)15(19)20/h5-8,12H,2-4,9-11H2,1H3,(H,17,21)(H,19,20). The summed E-state index contributed by atoms with van der Waals surface area (Å²) in [5, 5.41) is 11.7. The van der Waals surface area contributed by atoms with E-state index in [4.69, 9.17) is 5.11 Å². The number of likely N-dealkylation sites (tertiary alicyclic amines) is 1. The van der Waals surface area contributed by atoms with E-state index in [1.165, 1.54) is 6.42 Å². The summed E-state index contributed by atoms with van der Waals surface area (Å²) in [5.74, 6) is -0.330. The Hall–Kier alpha value is -2.04. The van der Waals surface area contributed by atoms with E-state index in [-0.39, 0.29) is 11.6 Å². The highest BCUT2D eigenvalue weighted by atomic mass is 16.4. The maximum Gasteiger partial charge on any atom is 0.335 e. The highest BCUT2D eigenvalue weighted by molar-refractivity contribution is 5.87. The summed E-state index contributed by atoms with van der Waals surface area (Å²) in [5.41, 5.74) is 1.16. The Morgan fingerprint density at radius 3 is 2.67 bits per heavy atom. The monoisotopic (exact) mass is 290 g/mol. The Balaban J connectivity index is 1.84. The molecule has 0 aliphatic carbocycles. The molecule has 0 saturated carbocycles. The van der Waals surface area contributed by atoms with Crippen LogP contribution in [0.15, 0.2) is 24.3 Å². The maximum absolute atomic E-state index is 12.1. The summed E-state index contributed by atoms with van der Waals surface area (Å²) in [4.78, 5) is 24.8. The van der Waals surface area contributed by atoms with Gasteiger partial charge in [0.05, 0.1) is 5.56 Å². The predicted octanol–water partition coefficient (Wildman–Crippen LogP) is 2.72. The second-order valence-electron chi connectivity index (χ2n) is 5.52. The first-order valence-corrected chi connectivity index (χ1v) is 7.45. The van der Waals surface area contributed by atoms with Gasteiger partial charge in [-0.3, -0.25) is 0 Å². The number of rotatable bonds is 4. The average molecular weight is 290 g/mol. The second kappa shape index (κ2) is 7.11. The lowest BCUT2D eigenvalue weighted by atomic mass is 9.96. The molecule has 1 heterocycles. The van der Waals surface area contributed by atoms with Gasteiger partial charge in [-0.1, -0.05) is 25.5 Å². The van der Waals surface area contributed by atoms with Gasteiger partial charge in [-0.2, -0.15) is 0 Å². The van der Waals surface area contributed by atoms with Gasteiger partial charge in [-0.15, -0.1) is 0 Å². The van der Waals surface area contributed by atoms with Crippen LogP contribution in [-0.2, 0) is 6.54 Å². The first kappa shape index (κ1) is 15.4. The van der Waals surface area contributed by atoms with Crippen molar-refractivity contribution in [2.24, 2.45) is 5.92 Å². The van der Waals surface area contributed by atoms with Gasteiger partial charge < -0.3 is 15.3 Å². The Bertz CT molecular complexity index is 499. The molecule has 0 radical (unpaired) electrons. The smallest absolute Gasteiger partial charge is 0.335 e. The molecule has 0 spiro atoms. The van der Waals surface area contributed by atoms with Gasteiger partial charge in [-0.05, 0) is 36.5 Å². The van der Waals surface area contributed by atoms with E-state index in [1.807, 2.05) is 4.90 Å². The minimum Gasteiger partial charge on any atom is -0.478 e. The minimum absolute atomic E-state index is 0.0320. The lowest BCUT2D eigenvalue weighted by Gasteiger charge is -2.32. The first-order valence-electron chi connectivity index (χ1n) is 7.45. The van der Waals surface area contributed by atoms with Crippen LogP contribution in [0.4, 0.5) is 4.79 Å². The van der Waals surface area contributed by atoms with Gasteiger partial charge in [0.1, 0.15) is 0 Å². The molecule has 2 amide bonds. The number of amides is 2. The molecule has 1 atom stereocenters. The van der Waals surface area contributed by atoms with E-state index in [1.54, 1.807) is 24.3 Å². The van der Waals surface area contributed by atoms with E-state index in [2.05, 4.69) is 12.2 Å². The molecule has 1 aromatic carbocycles. The Labute approximate surface area is 125 Å². The van der Waals surface area contributed by atoms with E-state index < -0.39 is 5.97 Å². The number of hydrogen-bond donors (Lipinski definition) is 2. The zero-order chi connectivity index (χ0) is 15.2. The first-order chi connectivity index (χ1) is 10.1. The fourth-order valence-electron chi connectivity index (χ4n) is 2.64. The summed E-state index contributed by atoms with van der Waals surface area (Å²) in [7, 11) is 0. The van der Waals surface area contributed by atoms with Gasteiger partial charge in [-0.25, -0.2) is 9.59 Å². The summed E-state index contributed by atoms with van der Waals surface area (Å²) in [6.45, 7) is 4.24. The molecule has 0 aromatic heterocycles. The van der Waals surface area contributed by atoms with Crippen LogP contribution in [0, 0.1) is 5.92 Å². The second-order valence-corrected chi connectivity index (χ2v) is 5.52. The lowest BCUT2D eigenvalue weighted by molar-refractivity contribution is 0.0697. The molecule has 5 nitrogen and oxygen atoms in total. The van der Waals surface area contributed by atoms with Crippen LogP contribution in [0.3, 0.4) is 0 Å². The van der Waals surface area contributed by atoms with E-state index in [9.17, 15) is 9.59 Å². The quantitative estimate of drug-likeness (QED) is 0.895. The van der Waals surface area contributed by atoms with Crippen molar-refractivity contribution in [3.8, 4) is 0 Å². The molecular weight excluding hydrogens is 268 g/mol. The lowest BCUT2D eigenvalue weighted by Crippen LogP contribution is -2.45. The van der Waals surface area contributed by atoms with Crippen molar-refractivity contribution >= 4 is 12.0 Å². The summed E-state index contributed by atoms with van der Waals surface area (Å²) in [6.07, 6.45) is 3.39. The molecule has 1 aliphatic heterocycles. The van der Waals surface area contributed by atoms with Crippen molar-refractivity contribution in [1.82, 2.24) is 10.2 Å². The van der Waals surface area contributed by atoms with Crippen LogP contribution in [0.2, 0.25) is 0 Å². The van der Waals surface area contributed by atoms with Crippen molar-refractivity contribution in [2.75, 3.05) is 13.1 Å². The van der Waals surface area contributed by atoms with E-state index in [0.717, 1.165) is 31.5 Å². The molecule has 1 aliphatic rings. The average Bonchev–Trinajstić information content (AvgIpc) is 2.53. The maximum atomic E-state index is 12.1. The zero-order valence-electron chi connectivity index (χ0n) is 12.3. The van der Waals surface area contributed by atoms with Crippen molar-refractivity contribution in [3.63, 3.8) is 0 Å². The Kier molecular flexibility index (Phi) is 5.20. The van der Waals surface area contributed by atoms with Crippen LogP contribution in [0.25, 0.3) is 0 Å². The van der Waals surface area contributed by atoms with Crippen LogP contribution in [-0.4, -0.2) is 35.1 Å². The molecule has 1 fully saturated rings. The third-order valence-corrected chi connectivity index (χ3v) is 4.03. The number of hydrogen-bond acceptors (Lipinski definition) is 2. The molecular formula is C16H22N2O3. The summed E-state index contributed by atoms with van der Waals surface area (Å²) >= 11 is 0. The Morgan fingerprint density at radius 1 is 1.33 bits per heavy atom. The molecule has 1 unspecified atom stereocenters. The topological polar surface area (TPSA) is 69.6 Å². The van der Waals surface area contributed by atoms with Crippen LogP contribution in [0.5, 0.6) is 0 Å².